The average Bonchev–Trinajstić information content (AvgIpc) is 2.54. The molecule has 24 heavy (non-hydrogen) atoms. The molecule has 128 valence electrons. The summed E-state index contributed by atoms with van der Waals surface area (Å²) in [6, 6.07) is 8.80. The number of rotatable bonds is 7. The predicted molar refractivity (Wildman–Crippen MR) is 88.2 cm³/mol. The molecule has 0 aliphatic heterocycles. The normalized spacial score (nSPS) is 11.5. The number of carbonyl (C=O) groups is 1. The summed E-state index contributed by atoms with van der Waals surface area (Å²) >= 11 is 0. The van der Waals surface area contributed by atoms with Crippen LogP contribution in [-0.4, -0.2) is 43.0 Å². The standard InChI is InChI=1S/C16H18FN3O3S/c1-24(22,23)20(12-13-4-3-7-18-11-13)9-8-19-16(21)14-5-2-6-15(17)10-14/h2-7,10-11H,8-9,12H2,1H3,(H,19,21). The minimum Gasteiger partial charge on any atom is -0.351 e. The largest absolute Gasteiger partial charge is 0.351 e. The highest BCUT2D eigenvalue weighted by Gasteiger charge is 2.17. The van der Waals surface area contributed by atoms with Gasteiger partial charge in [-0.25, -0.2) is 12.8 Å². The molecule has 2 rings (SSSR count). The fourth-order valence-electron chi connectivity index (χ4n) is 2.08. The maximum absolute atomic E-state index is 13.1. The first kappa shape index (κ1) is 18.0. The molecule has 0 aliphatic rings. The van der Waals surface area contributed by atoms with Gasteiger partial charge < -0.3 is 5.32 Å². The van der Waals surface area contributed by atoms with Gasteiger partial charge >= 0.3 is 0 Å². The van der Waals surface area contributed by atoms with Gasteiger partial charge in [0.2, 0.25) is 10.0 Å². The minimum atomic E-state index is -3.44. The second kappa shape index (κ2) is 7.98. The summed E-state index contributed by atoms with van der Waals surface area (Å²) in [5.74, 6) is -0.957. The number of amides is 1. The second-order valence-electron chi connectivity index (χ2n) is 5.22. The van der Waals surface area contributed by atoms with Crippen LogP contribution in [0.2, 0.25) is 0 Å². The third kappa shape index (κ3) is 5.39. The highest BCUT2D eigenvalue weighted by Crippen LogP contribution is 2.07. The maximum atomic E-state index is 13.1. The molecule has 0 radical (unpaired) electrons. The van der Waals surface area contributed by atoms with Crippen molar-refractivity contribution in [3.05, 3.63) is 65.7 Å². The fraction of sp³-hybridized carbons (Fsp3) is 0.250. The molecule has 6 nitrogen and oxygen atoms in total. The molecule has 1 N–H and O–H groups in total. The van der Waals surface area contributed by atoms with Gasteiger partial charge in [-0.15, -0.1) is 0 Å². The van der Waals surface area contributed by atoms with E-state index in [0.29, 0.717) is 0 Å². The van der Waals surface area contributed by atoms with Gasteiger partial charge in [0.25, 0.3) is 5.91 Å². The van der Waals surface area contributed by atoms with Crippen LogP contribution in [-0.2, 0) is 16.6 Å². The average molecular weight is 351 g/mol. The van der Waals surface area contributed by atoms with Crippen molar-refractivity contribution in [3.63, 3.8) is 0 Å². The molecule has 8 heteroatoms. The molecule has 0 atom stereocenters. The van der Waals surface area contributed by atoms with E-state index in [1.165, 1.54) is 22.5 Å². The lowest BCUT2D eigenvalue weighted by molar-refractivity contribution is 0.0951. The number of pyridine rings is 1. The Hall–Kier alpha value is -2.32. The van der Waals surface area contributed by atoms with Crippen LogP contribution in [0, 0.1) is 5.82 Å². The molecule has 0 saturated carbocycles. The highest BCUT2D eigenvalue weighted by molar-refractivity contribution is 7.88. The summed E-state index contributed by atoms with van der Waals surface area (Å²) in [6.07, 6.45) is 4.30. The van der Waals surface area contributed by atoms with E-state index in [4.69, 9.17) is 0 Å². The molecule has 0 aliphatic carbocycles. The SMILES string of the molecule is CS(=O)(=O)N(CCNC(=O)c1cccc(F)c1)Cc1cccnc1. The summed E-state index contributed by atoms with van der Waals surface area (Å²) < 4.78 is 38.1. The Labute approximate surface area is 140 Å². The van der Waals surface area contributed by atoms with Crippen LogP contribution in [0.15, 0.2) is 48.8 Å². The van der Waals surface area contributed by atoms with Gasteiger partial charge in [0, 0.05) is 37.6 Å². The number of carbonyl (C=O) groups excluding carboxylic acids is 1. The van der Waals surface area contributed by atoms with Crippen molar-refractivity contribution in [2.45, 2.75) is 6.54 Å². The number of nitrogens with zero attached hydrogens (tertiary/aromatic N) is 2. The van der Waals surface area contributed by atoms with Crippen LogP contribution in [0.3, 0.4) is 0 Å². The molecule has 1 heterocycles. The first-order valence-electron chi connectivity index (χ1n) is 7.24. The van der Waals surface area contributed by atoms with Crippen molar-refractivity contribution in [1.29, 1.82) is 0 Å². The van der Waals surface area contributed by atoms with Crippen molar-refractivity contribution in [2.75, 3.05) is 19.3 Å². The zero-order chi connectivity index (χ0) is 17.6. The summed E-state index contributed by atoms with van der Waals surface area (Å²) in [7, 11) is -3.44. The molecule has 0 fully saturated rings. The van der Waals surface area contributed by atoms with Crippen molar-refractivity contribution >= 4 is 15.9 Å². The molecule has 1 aromatic carbocycles. The van der Waals surface area contributed by atoms with E-state index in [-0.39, 0.29) is 25.2 Å². The minimum absolute atomic E-state index is 0.106. The summed E-state index contributed by atoms with van der Waals surface area (Å²) in [5, 5.41) is 2.59. The molecule has 0 bridgehead atoms. The Kier molecular flexibility index (Phi) is 5.99. The third-order valence-corrected chi connectivity index (χ3v) is 4.53. The monoisotopic (exact) mass is 351 g/mol. The quantitative estimate of drug-likeness (QED) is 0.818. The van der Waals surface area contributed by atoms with Crippen LogP contribution in [0.1, 0.15) is 15.9 Å². The predicted octanol–water partition coefficient (Wildman–Crippen LogP) is 1.41. The first-order chi connectivity index (χ1) is 11.4. The van der Waals surface area contributed by atoms with Gasteiger partial charge in [-0.2, -0.15) is 4.31 Å². The van der Waals surface area contributed by atoms with Gasteiger partial charge in [-0.05, 0) is 29.8 Å². The Morgan fingerprint density at radius 3 is 2.71 bits per heavy atom. The number of benzene rings is 1. The number of hydrogen-bond acceptors (Lipinski definition) is 4. The summed E-state index contributed by atoms with van der Waals surface area (Å²) in [4.78, 5) is 15.9. The Morgan fingerprint density at radius 1 is 1.29 bits per heavy atom. The van der Waals surface area contributed by atoms with E-state index in [2.05, 4.69) is 10.3 Å². The molecule has 1 amide bonds. The second-order valence-corrected chi connectivity index (χ2v) is 7.21. The molecular weight excluding hydrogens is 333 g/mol. The first-order valence-corrected chi connectivity index (χ1v) is 9.09. The number of aromatic nitrogens is 1. The van der Waals surface area contributed by atoms with E-state index in [1.807, 2.05) is 0 Å². The molecule has 1 aromatic heterocycles. The summed E-state index contributed by atoms with van der Waals surface area (Å²) in [5.41, 5.74) is 0.938. The number of sulfonamides is 1. The number of hydrogen-bond donors (Lipinski definition) is 1. The van der Waals surface area contributed by atoms with Gasteiger partial charge in [0.15, 0.2) is 0 Å². The van der Waals surface area contributed by atoms with Crippen LogP contribution in [0.5, 0.6) is 0 Å². The van der Waals surface area contributed by atoms with Crippen LogP contribution in [0.4, 0.5) is 4.39 Å². The maximum Gasteiger partial charge on any atom is 0.251 e. The van der Waals surface area contributed by atoms with Gasteiger partial charge in [-0.1, -0.05) is 12.1 Å². The van der Waals surface area contributed by atoms with E-state index in [0.717, 1.165) is 17.9 Å². The Balaban J connectivity index is 1.95. The van der Waals surface area contributed by atoms with E-state index in [1.54, 1.807) is 24.5 Å². The Bertz CT molecular complexity index is 797. The highest BCUT2D eigenvalue weighted by atomic mass is 32.2. The lowest BCUT2D eigenvalue weighted by atomic mass is 10.2. The lowest BCUT2D eigenvalue weighted by Gasteiger charge is -2.20. The van der Waals surface area contributed by atoms with E-state index >= 15 is 0 Å². The lowest BCUT2D eigenvalue weighted by Crippen LogP contribution is -2.37. The molecule has 0 spiro atoms. The number of nitrogens with one attached hydrogen (secondary N) is 1. The molecule has 0 unspecified atom stereocenters. The molecular formula is C16H18FN3O3S. The van der Waals surface area contributed by atoms with Crippen molar-refractivity contribution in [1.82, 2.24) is 14.6 Å². The topological polar surface area (TPSA) is 79.4 Å². The van der Waals surface area contributed by atoms with Crippen molar-refractivity contribution < 1.29 is 17.6 Å². The van der Waals surface area contributed by atoms with Crippen LogP contribution >= 0.6 is 0 Å². The van der Waals surface area contributed by atoms with E-state index < -0.39 is 21.7 Å². The fourth-order valence-corrected chi connectivity index (χ4v) is 2.89. The van der Waals surface area contributed by atoms with Crippen LogP contribution < -0.4 is 5.32 Å². The smallest absolute Gasteiger partial charge is 0.251 e. The van der Waals surface area contributed by atoms with Crippen molar-refractivity contribution in [3.8, 4) is 0 Å². The Morgan fingerprint density at radius 2 is 2.08 bits per heavy atom. The van der Waals surface area contributed by atoms with Gasteiger partial charge in [0.05, 0.1) is 6.26 Å². The summed E-state index contributed by atoms with van der Waals surface area (Å²) in [6.45, 7) is 0.389. The number of halogens is 1. The van der Waals surface area contributed by atoms with Gasteiger partial charge in [-0.3, -0.25) is 9.78 Å². The van der Waals surface area contributed by atoms with Gasteiger partial charge in [0.1, 0.15) is 5.82 Å². The third-order valence-electron chi connectivity index (χ3n) is 3.28. The zero-order valence-corrected chi connectivity index (χ0v) is 14.0. The zero-order valence-electron chi connectivity index (χ0n) is 13.1. The van der Waals surface area contributed by atoms with Crippen molar-refractivity contribution in [2.24, 2.45) is 0 Å². The van der Waals surface area contributed by atoms with E-state index in [9.17, 15) is 17.6 Å². The molecule has 2 aromatic rings. The van der Waals surface area contributed by atoms with Crippen LogP contribution in [0.25, 0.3) is 0 Å². The molecule has 0 saturated heterocycles.